The van der Waals surface area contributed by atoms with E-state index in [9.17, 15) is 0 Å². The molecule has 0 bridgehead atoms. The summed E-state index contributed by atoms with van der Waals surface area (Å²) in [5, 5.41) is 4.37. The van der Waals surface area contributed by atoms with Crippen molar-refractivity contribution in [3.8, 4) is 0 Å². The number of hydrogen-bond acceptors (Lipinski definition) is 5. The molecule has 0 aliphatic heterocycles. The zero-order valence-electron chi connectivity index (χ0n) is 8.56. The van der Waals surface area contributed by atoms with Crippen molar-refractivity contribution in [1.82, 2.24) is 15.3 Å². The molecule has 4 nitrogen and oxygen atoms in total. The number of aromatic nitrogens is 2. The maximum absolute atomic E-state index is 5.11. The molecule has 0 aliphatic rings. The molecule has 2 rings (SSSR count). The number of nitrogens with one attached hydrogen (secondary N) is 1. The highest BCUT2D eigenvalue weighted by Gasteiger charge is 2.00. The molecule has 0 amide bonds. The van der Waals surface area contributed by atoms with Crippen molar-refractivity contribution in [3.63, 3.8) is 0 Å². The fraction of sp³-hybridized carbons (Fsp3) is 0.400. The second-order valence-corrected chi connectivity index (χ2v) is 4.34. The minimum Gasteiger partial charge on any atom is -0.447 e. The smallest absolute Gasteiger partial charge is 0.180 e. The number of rotatable bonds is 5. The highest BCUT2D eigenvalue weighted by molar-refractivity contribution is 7.11. The van der Waals surface area contributed by atoms with Crippen molar-refractivity contribution >= 4 is 11.3 Å². The summed E-state index contributed by atoms with van der Waals surface area (Å²) in [6, 6.07) is 0. The van der Waals surface area contributed by atoms with E-state index < -0.39 is 0 Å². The molecule has 1 N–H and O–H groups in total. The summed E-state index contributed by atoms with van der Waals surface area (Å²) >= 11 is 1.75. The minimum atomic E-state index is 0.695. The fourth-order valence-corrected chi connectivity index (χ4v) is 2.05. The highest BCUT2D eigenvalue weighted by Crippen LogP contribution is 2.12. The van der Waals surface area contributed by atoms with E-state index in [1.807, 2.05) is 6.20 Å². The summed E-state index contributed by atoms with van der Waals surface area (Å²) in [4.78, 5) is 9.49. The molecule has 0 aliphatic carbocycles. The maximum Gasteiger partial charge on any atom is 0.180 e. The van der Waals surface area contributed by atoms with Crippen LogP contribution in [0.15, 0.2) is 23.2 Å². The van der Waals surface area contributed by atoms with Gasteiger partial charge in [0.05, 0.1) is 12.7 Å². The average Bonchev–Trinajstić information content (AvgIpc) is 2.88. The Labute approximate surface area is 92.4 Å². The number of aryl methyl sites for hydroxylation is 1. The predicted molar refractivity (Wildman–Crippen MR) is 58.5 cm³/mol. The van der Waals surface area contributed by atoms with Gasteiger partial charge >= 0.3 is 0 Å². The monoisotopic (exact) mass is 223 g/mol. The van der Waals surface area contributed by atoms with Crippen LogP contribution in [0.3, 0.4) is 0 Å². The van der Waals surface area contributed by atoms with Crippen LogP contribution in [0, 0.1) is 0 Å². The van der Waals surface area contributed by atoms with Gasteiger partial charge in [0.25, 0.3) is 0 Å². The van der Waals surface area contributed by atoms with Crippen molar-refractivity contribution in [2.45, 2.75) is 26.4 Å². The summed E-state index contributed by atoms with van der Waals surface area (Å²) < 4.78 is 5.11. The molecular weight excluding hydrogens is 210 g/mol. The van der Waals surface area contributed by atoms with E-state index >= 15 is 0 Å². The third kappa shape index (κ3) is 2.87. The van der Waals surface area contributed by atoms with Gasteiger partial charge in [0.2, 0.25) is 0 Å². The Morgan fingerprint density at radius 2 is 2.33 bits per heavy atom. The second kappa shape index (κ2) is 5.04. The number of oxazole rings is 1. The van der Waals surface area contributed by atoms with Crippen molar-refractivity contribution in [2.24, 2.45) is 0 Å². The maximum atomic E-state index is 5.11. The van der Waals surface area contributed by atoms with E-state index in [0.29, 0.717) is 6.54 Å². The summed E-state index contributed by atoms with van der Waals surface area (Å²) in [5.74, 6) is 0.849. The van der Waals surface area contributed by atoms with Crippen LogP contribution < -0.4 is 5.32 Å². The first kappa shape index (κ1) is 10.3. The quantitative estimate of drug-likeness (QED) is 0.842. The Hall–Kier alpha value is -1.20. The van der Waals surface area contributed by atoms with E-state index in [-0.39, 0.29) is 0 Å². The van der Waals surface area contributed by atoms with Gasteiger partial charge in [-0.15, -0.1) is 11.3 Å². The summed E-state index contributed by atoms with van der Waals surface area (Å²) in [7, 11) is 0. The van der Waals surface area contributed by atoms with E-state index in [1.54, 1.807) is 17.5 Å². The molecule has 0 radical (unpaired) electrons. The van der Waals surface area contributed by atoms with Gasteiger partial charge in [-0.2, -0.15) is 0 Å². The van der Waals surface area contributed by atoms with Crippen LogP contribution in [0.4, 0.5) is 0 Å². The van der Waals surface area contributed by atoms with Crippen molar-refractivity contribution in [1.29, 1.82) is 0 Å². The molecule has 0 saturated carbocycles. The first-order chi connectivity index (χ1) is 7.38. The number of hydrogen-bond donors (Lipinski definition) is 1. The lowest BCUT2D eigenvalue weighted by Crippen LogP contribution is -2.11. The summed E-state index contributed by atoms with van der Waals surface area (Å²) in [6.07, 6.45) is 6.15. The van der Waals surface area contributed by atoms with Crippen LogP contribution in [0.2, 0.25) is 0 Å². The molecule has 0 unspecified atom stereocenters. The standard InChI is InChI=1S/C10H13N3OS/c1-2-9-5-13-10(15-9)6-11-3-8-4-12-7-14-8/h4-5,7,11H,2-3,6H2,1H3. The number of thiazole rings is 1. The fourth-order valence-electron chi connectivity index (χ4n) is 1.22. The molecule has 0 saturated heterocycles. The second-order valence-electron chi connectivity index (χ2n) is 3.15. The van der Waals surface area contributed by atoms with Gasteiger partial charge in [0, 0.05) is 17.6 Å². The largest absolute Gasteiger partial charge is 0.447 e. The van der Waals surface area contributed by atoms with Gasteiger partial charge in [0.15, 0.2) is 6.39 Å². The molecule has 0 atom stereocenters. The lowest BCUT2D eigenvalue weighted by molar-refractivity contribution is 0.479. The zero-order chi connectivity index (χ0) is 10.5. The molecule has 0 aromatic carbocycles. The van der Waals surface area contributed by atoms with E-state index in [4.69, 9.17) is 4.42 Å². The van der Waals surface area contributed by atoms with Crippen LogP contribution in [-0.4, -0.2) is 9.97 Å². The van der Waals surface area contributed by atoms with E-state index in [2.05, 4.69) is 22.2 Å². The lowest BCUT2D eigenvalue weighted by atomic mass is 10.4. The molecule has 0 fully saturated rings. The third-order valence-electron chi connectivity index (χ3n) is 2.01. The van der Waals surface area contributed by atoms with Crippen molar-refractivity contribution < 1.29 is 4.42 Å². The summed E-state index contributed by atoms with van der Waals surface area (Å²) in [5.41, 5.74) is 0. The summed E-state index contributed by atoms with van der Waals surface area (Å²) in [6.45, 7) is 3.62. The highest BCUT2D eigenvalue weighted by atomic mass is 32.1. The van der Waals surface area contributed by atoms with Crippen LogP contribution in [0.25, 0.3) is 0 Å². The van der Waals surface area contributed by atoms with Crippen LogP contribution >= 0.6 is 11.3 Å². The Morgan fingerprint density at radius 1 is 1.40 bits per heavy atom. The molecular formula is C10H13N3OS. The molecule has 2 aromatic rings. The van der Waals surface area contributed by atoms with Gasteiger partial charge in [-0.1, -0.05) is 6.92 Å². The lowest BCUT2D eigenvalue weighted by Gasteiger charge is -1.97. The Morgan fingerprint density at radius 3 is 3.00 bits per heavy atom. The van der Waals surface area contributed by atoms with Crippen LogP contribution in [0.1, 0.15) is 22.6 Å². The minimum absolute atomic E-state index is 0.695. The van der Waals surface area contributed by atoms with Gasteiger partial charge < -0.3 is 9.73 Å². The normalized spacial score (nSPS) is 10.7. The Kier molecular flexibility index (Phi) is 3.47. The number of nitrogens with zero attached hydrogens (tertiary/aromatic N) is 2. The van der Waals surface area contributed by atoms with Gasteiger partial charge in [0.1, 0.15) is 10.8 Å². The molecule has 80 valence electrons. The van der Waals surface area contributed by atoms with Gasteiger partial charge in [-0.25, -0.2) is 9.97 Å². The topological polar surface area (TPSA) is 51.0 Å². The molecule has 0 spiro atoms. The average molecular weight is 223 g/mol. The van der Waals surface area contributed by atoms with Crippen LogP contribution in [0.5, 0.6) is 0 Å². The predicted octanol–water partition coefficient (Wildman–Crippen LogP) is 1.98. The Bertz CT molecular complexity index is 396. The van der Waals surface area contributed by atoms with Crippen molar-refractivity contribution in [2.75, 3.05) is 0 Å². The first-order valence-corrected chi connectivity index (χ1v) is 5.71. The van der Waals surface area contributed by atoms with Gasteiger partial charge in [-0.05, 0) is 6.42 Å². The van der Waals surface area contributed by atoms with E-state index in [1.165, 1.54) is 11.3 Å². The molecule has 2 heterocycles. The van der Waals surface area contributed by atoms with Crippen LogP contribution in [-0.2, 0) is 19.5 Å². The van der Waals surface area contributed by atoms with E-state index in [0.717, 1.165) is 23.7 Å². The first-order valence-electron chi connectivity index (χ1n) is 4.90. The SMILES string of the molecule is CCc1cnc(CNCc2cnco2)s1. The molecule has 15 heavy (non-hydrogen) atoms. The molecule has 5 heteroatoms. The molecule has 2 aromatic heterocycles. The third-order valence-corrected chi connectivity index (χ3v) is 3.15. The zero-order valence-corrected chi connectivity index (χ0v) is 9.38. The van der Waals surface area contributed by atoms with Crippen molar-refractivity contribution in [3.05, 3.63) is 34.4 Å². The van der Waals surface area contributed by atoms with Gasteiger partial charge in [-0.3, -0.25) is 0 Å². The Balaban J connectivity index is 1.78.